The van der Waals surface area contributed by atoms with Crippen molar-refractivity contribution in [2.75, 3.05) is 6.61 Å². The van der Waals surface area contributed by atoms with Crippen molar-refractivity contribution in [1.82, 2.24) is 16.0 Å². The summed E-state index contributed by atoms with van der Waals surface area (Å²) in [5, 5.41) is 42.3. The van der Waals surface area contributed by atoms with Gasteiger partial charge in [-0.1, -0.05) is 0 Å². The second-order valence-corrected chi connectivity index (χ2v) is 5.76. The van der Waals surface area contributed by atoms with Crippen LogP contribution in [0.2, 0.25) is 0 Å². The Hall–Kier alpha value is -2.77. The summed E-state index contributed by atoms with van der Waals surface area (Å²) in [5.41, 5.74) is 5.35. The summed E-state index contributed by atoms with van der Waals surface area (Å²) in [6, 6.07) is -5.98. The number of nitrogens with two attached hydrogens (primary N) is 1. The molecule has 0 fully saturated rings. The number of carbonyl (C=O) groups excluding carboxylic acids is 3. The molecular weight excluding hydrogens is 368 g/mol. The number of aliphatic hydroxyl groups is 2. The van der Waals surface area contributed by atoms with Gasteiger partial charge in [0.05, 0.1) is 25.2 Å². The van der Waals surface area contributed by atoms with E-state index in [1.54, 1.807) is 0 Å². The van der Waals surface area contributed by atoms with Crippen LogP contribution in [0.4, 0.5) is 0 Å². The molecule has 0 saturated heterocycles. The van der Waals surface area contributed by atoms with E-state index in [9.17, 15) is 29.1 Å². The lowest BCUT2D eigenvalue weighted by atomic mass is 10.1. The molecule has 27 heavy (non-hydrogen) atoms. The number of aliphatic hydroxyl groups excluding tert-OH is 2. The maximum Gasteiger partial charge on any atom is 0.328 e. The molecule has 0 radical (unpaired) electrons. The van der Waals surface area contributed by atoms with Crippen LogP contribution >= 0.6 is 0 Å². The van der Waals surface area contributed by atoms with Crippen molar-refractivity contribution in [3.63, 3.8) is 0 Å². The monoisotopic (exact) mass is 392 g/mol. The molecule has 0 bridgehead atoms. The average molecular weight is 392 g/mol. The van der Waals surface area contributed by atoms with Gasteiger partial charge >= 0.3 is 11.9 Å². The summed E-state index contributed by atoms with van der Waals surface area (Å²) in [6.07, 6.45) is -2.33. The Morgan fingerprint density at radius 3 is 1.78 bits per heavy atom. The van der Waals surface area contributed by atoms with Crippen LogP contribution in [0.25, 0.3) is 0 Å². The number of hydrogen-bond acceptors (Lipinski definition) is 8. The number of amides is 3. The molecule has 5 unspecified atom stereocenters. The fourth-order valence-electron chi connectivity index (χ4n) is 1.79. The Balaban J connectivity index is 5.31. The number of carbonyl (C=O) groups is 5. The first-order valence-electron chi connectivity index (χ1n) is 7.80. The SMILES string of the molecule is CC(N)C(=O)NC(C(=O)NC(CC(=O)O)C(=O)NC(CO)C(=O)O)C(C)O. The first kappa shape index (κ1) is 24.2. The molecule has 0 heterocycles. The van der Waals surface area contributed by atoms with Crippen molar-refractivity contribution in [3.8, 4) is 0 Å². The zero-order valence-electron chi connectivity index (χ0n) is 14.7. The van der Waals surface area contributed by atoms with Crippen LogP contribution in [0, 0.1) is 0 Å². The van der Waals surface area contributed by atoms with E-state index < -0.39 is 73.0 Å². The maximum atomic E-state index is 12.3. The Labute approximate surface area is 153 Å². The minimum atomic E-state index is -1.73. The van der Waals surface area contributed by atoms with Gasteiger partial charge in [0.15, 0.2) is 0 Å². The molecule has 154 valence electrons. The normalized spacial score (nSPS) is 16.2. The molecule has 0 aliphatic rings. The third-order valence-corrected chi connectivity index (χ3v) is 3.29. The third-order valence-electron chi connectivity index (χ3n) is 3.29. The van der Waals surface area contributed by atoms with Gasteiger partial charge in [-0.25, -0.2) is 4.79 Å². The molecule has 5 atom stereocenters. The van der Waals surface area contributed by atoms with Crippen LogP contribution in [0.5, 0.6) is 0 Å². The van der Waals surface area contributed by atoms with E-state index in [4.69, 9.17) is 21.1 Å². The number of rotatable bonds is 11. The number of carboxylic acid groups (broad SMARTS) is 2. The Bertz CT molecular complexity index is 579. The van der Waals surface area contributed by atoms with Crippen LogP contribution in [0.1, 0.15) is 20.3 Å². The minimum Gasteiger partial charge on any atom is -0.481 e. The summed E-state index contributed by atoms with van der Waals surface area (Å²) in [4.78, 5) is 57.7. The predicted octanol–water partition coefficient (Wildman–Crippen LogP) is -4.28. The molecule has 13 heteroatoms. The quantitative estimate of drug-likeness (QED) is 0.169. The van der Waals surface area contributed by atoms with E-state index in [-0.39, 0.29) is 0 Å². The second-order valence-electron chi connectivity index (χ2n) is 5.76. The molecular formula is C14H24N4O9. The predicted molar refractivity (Wildman–Crippen MR) is 88.1 cm³/mol. The lowest BCUT2D eigenvalue weighted by Gasteiger charge is -2.25. The highest BCUT2D eigenvalue weighted by Gasteiger charge is 2.32. The van der Waals surface area contributed by atoms with Crippen molar-refractivity contribution in [1.29, 1.82) is 0 Å². The van der Waals surface area contributed by atoms with Crippen molar-refractivity contribution >= 4 is 29.7 Å². The molecule has 9 N–H and O–H groups in total. The van der Waals surface area contributed by atoms with E-state index in [2.05, 4.69) is 5.32 Å². The fourth-order valence-corrected chi connectivity index (χ4v) is 1.79. The second kappa shape index (κ2) is 11.1. The molecule has 0 spiro atoms. The number of nitrogens with one attached hydrogen (secondary N) is 3. The summed E-state index contributed by atoms with van der Waals surface area (Å²) >= 11 is 0. The largest absolute Gasteiger partial charge is 0.481 e. The van der Waals surface area contributed by atoms with Gasteiger partial charge in [-0.15, -0.1) is 0 Å². The van der Waals surface area contributed by atoms with Gasteiger partial charge in [-0.05, 0) is 13.8 Å². The summed E-state index contributed by atoms with van der Waals surface area (Å²) in [7, 11) is 0. The molecule has 0 aromatic heterocycles. The summed E-state index contributed by atoms with van der Waals surface area (Å²) < 4.78 is 0. The maximum absolute atomic E-state index is 12.3. The zero-order valence-corrected chi connectivity index (χ0v) is 14.7. The van der Waals surface area contributed by atoms with Crippen molar-refractivity contribution in [2.45, 2.75) is 50.5 Å². The molecule has 0 aliphatic carbocycles. The lowest BCUT2D eigenvalue weighted by molar-refractivity contribution is -0.144. The molecule has 3 amide bonds. The van der Waals surface area contributed by atoms with Crippen LogP contribution in [0.15, 0.2) is 0 Å². The van der Waals surface area contributed by atoms with Crippen LogP contribution in [-0.2, 0) is 24.0 Å². The van der Waals surface area contributed by atoms with Gasteiger partial charge in [-0.2, -0.15) is 0 Å². The average Bonchev–Trinajstić information content (AvgIpc) is 2.54. The molecule has 13 nitrogen and oxygen atoms in total. The first-order chi connectivity index (χ1) is 12.4. The van der Waals surface area contributed by atoms with Gasteiger partial charge in [0, 0.05) is 0 Å². The van der Waals surface area contributed by atoms with E-state index >= 15 is 0 Å². The van der Waals surface area contributed by atoms with Crippen LogP contribution in [0.3, 0.4) is 0 Å². The van der Waals surface area contributed by atoms with Crippen LogP contribution < -0.4 is 21.7 Å². The Morgan fingerprint density at radius 1 is 0.889 bits per heavy atom. The minimum absolute atomic E-state index is 0.776. The first-order valence-corrected chi connectivity index (χ1v) is 7.80. The topological polar surface area (TPSA) is 228 Å². The molecule has 0 aliphatic heterocycles. The highest BCUT2D eigenvalue weighted by molar-refractivity contribution is 5.95. The Kier molecular flexibility index (Phi) is 9.92. The lowest BCUT2D eigenvalue weighted by Crippen LogP contribution is -2.60. The fraction of sp³-hybridized carbons (Fsp3) is 0.643. The van der Waals surface area contributed by atoms with Gasteiger partial charge in [0.2, 0.25) is 17.7 Å². The highest BCUT2D eigenvalue weighted by atomic mass is 16.4. The number of hydrogen-bond donors (Lipinski definition) is 8. The molecule has 0 aromatic carbocycles. The zero-order chi connectivity index (χ0) is 21.3. The van der Waals surface area contributed by atoms with E-state index in [0.29, 0.717) is 0 Å². The molecule has 0 saturated carbocycles. The summed E-state index contributed by atoms with van der Waals surface area (Å²) in [6.45, 7) is 1.54. The highest BCUT2D eigenvalue weighted by Crippen LogP contribution is 2.00. The van der Waals surface area contributed by atoms with Crippen molar-refractivity contribution < 1.29 is 44.4 Å². The van der Waals surface area contributed by atoms with E-state index in [0.717, 1.165) is 0 Å². The van der Waals surface area contributed by atoms with Crippen LogP contribution in [-0.4, -0.2) is 87.0 Å². The van der Waals surface area contributed by atoms with Gasteiger partial charge in [-0.3, -0.25) is 19.2 Å². The summed E-state index contributed by atoms with van der Waals surface area (Å²) in [5.74, 6) is -6.11. The third kappa shape index (κ3) is 8.44. The number of carboxylic acids is 2. The van der Waals surface area contributed by atoms with E-state index in [1.165, 1.54) is 13.8 Å². The standard InChI is InChI=1S/C14H24N4O9/c1-5(15)11(23)18-10(6(2)20)13(25)16-7(3-9(21)22)12(24)17-8(4-19)14(26)27/h5-8,10,19-20H,3-4,15H2,1-2H3,(H,16,25)(H,17,24)(H,18,23)(H,21,22)(H,26,27). The Morgan fingerprint density at radius 2 is 1.41 bits per heavy atom. The van der Waals surface area contributed by atoms with Gasteiger partial charge < -0.3 is 42.1 Å². The number of aliphatic carboxylic acids is 2. The smallest absolute Gasteiger partial charge is 0.328 e. The van der Waals surface area contributed by atoms with Gasteiger partial charge in [0.25, 0.3) is 0 Å². The molecule has 0 rings (SSSR count). The molecule has 0 aromatic rings. The van der Waals surface area contributed by atoms with Crippen molar-refractivity contribution in [3.05, 3.63) is 0 Å². The van der Waals surface area contributed by atoms with E-state index in [1.807, 2.05) is 10.6 Å². The van der Waals surface area contributed by atoms with Crippen molar-refractivity contribution in [2.24, 2.45) is 5.73 Å². The van der Waals surface area contributed by atoms with Gasteiger partial charge in [0.1, 0.15) is 18.1 Å².